The van der Waals surface area contributed by atoms with Crippen molar-refractivity contribution >= 4 is 23.2 Å². The van der Waals surface area contributed by atoms with Crippen molar-refractivity contribution in [2.75, 3.05) is 0 Å². The molecule has 0 heterocycles. The molecule has 0 aromatic heterocycles. The van der Waals surface area contributed by atoms with E-state index in [-0.39, 0.29) is 29.3 Å². The number of rotatable bonds is 3. The smallest absolute Gasteiger partial charge is 0.159 e. The first-order chi connectivity index (χ1) is 10.1. The fraction of sp³-hybridized carbons (Fsp3) is 0.412. The van der Waals surface area contributed by atoms with Crippen molar-refractivity contribution in [1.82, 2.24) is 0 Å². The second-order valence-corrected chi connectivity index (χ2v) is 6.50. The fourth-order valence-corrected chi connectivity index (χ4v) is 3.50. The van der Waals surface area contributed by atoms with Crippen LogP contribution in [0.4, 0.5) is 0 Å². The van der Waals surface area contributed by atoms with Gasteiger partial charge < -0.3 is 10.2 Å². The van der Waals surface area contributed by atoms with E-state index in [2.05, 4.69) is 0 Å². The number of carbonyl (C=O) groups is 2. The second-order valence-electron chi connectivity index (χ2n) is 6.07. The average molecular weight is 323 g/mol. The highest BCUT2D eigenvalue weighted by molar-refractivity contribution is 6.30. The SMILES string of the molecule is CC(=O)C1=C(O)CC(C)(O)C(C(C)=O)C1c1ccc(Cl)cc1. The summed E-state index contributed by atoms with van der Waals surface area (Å²) in [5, 5.41) is 21.4. The van der Waals surface area contributed by atoms with E-state index in [1.807, 2.05) is 0 Å². The summed E-state index contributed by atoms with van der Waals surface area (Å²) in [5.74, 6) is -2.18. The molecule has 3 unspecified atom stereocenters. The van der Waals surface area contributed by atoms with Gasteiger partial charge >= 0.3 is 0 Å². The van der Waals surface area contributed by atoms with Crippen LogP contribution in [-0.2, 0) is 9.59 Å². The number of hydrogen-bond acceptors (Lipinski definition) is 4. The summed E-state index contributed by atoms with van der Waals surface area (Å²) in [7, 11) is 0. The lowest BCUT2D eigenvalue weighted by Gasteiger charge is -2.42. The standard InChI is InChI=1S/C17H19ClO4/c1-9(19)14-13(21)8-17(3,22)16(10(2)20)15(14)11-4-6-12(18)7-5-11/h4-7,15-16,21-22H,8H2,1-3H3. The van der Waals surface area contributed by atoms with Crippen LogP contribution < -0.4 is 0 Å². The number of Topliss-reactive ketones (excluding diaryl/α,β-unsaturated/α-hetero) is 2. The predicted molar refractivity (Wildman–Crippen MR) is 83.9 cm³/mol. The summed E-state index contributed by atoms with van der Waals surface area (Å²) in [4.78, 5) is 24.1. The number of aliphatic hydroxyl groups excluding tert-OH is 1. The first-order valence-corrected chi connectivity index (χ1v) is 7.44. The van der Waals surface area contributed by atoms with Gasteiger partial charge in [-0.2, -0.15) is 0 Å². The zero-order valence-electron chi connectivity index (χ0n) is 12.8. The number of ketones is 2. The van der Waals surface area contributed by atoms with Gasteiger partial charge in [-0.05, 0) is 38.5 Å². The topological polar surface area (TPSA) is 74.6 Å². The van der Waals surface area contributed by atoms with Gasteiger partial charge in [0.05, 0.1) is 11.5 Å². The van der Waals surface area contributed by atoms with Gasteiger partial charge in [-0.1, -0.05) is 23.7 Å². The first-order valence-electron chi connectivity index (χ1n) is 7.06. The van der Waals surface area contributed by atoms with E-state index >= 15 is 0 Å². The molecule has 0 bridgehead atoms. The highest BCUT2D eigenvalue weighted by Gasteiger charge is 2.49. The van der Waals surface area contributed by atoms with Crippen molar-refractivity contribution in [2.24, 2.45) is 5.92 Å². The van der Waals surface area contributed by atoms with Crippen molar-refractivity contribution in [3.05, 3.63) is 46.2 Å². The normalized spacial score (nSPS) is 28.6. The third-order valence-corrected chi connectivity index (χ3v) is 4.45. The highest BCUT2D eigenvalue weighted by atomic mass is 35.5. The van der Waals surface area contributed by atoms with Crippen LogP contribution in [-0.4, -0.2) is 27.4 Å². The maximum absolute atomic E-state index is 12.1. The van der Waals surface area contributed by atoms with Crippen molar-refractivity contribution < 1.29 is 19.8 Å². The van der Waals surface area contributed by atoms with Crippen molar-refractivity contribution in [3.63, 3.8) is 0 Å². The highest BCUT2D eigenvalue weighted by Crippen LogP contribution is 2.47. The molecule has 0 radical (unpaired) electrons. The van der Waals surface area contributed by atoms with Gasteiger partial charge in [-0.25, -0.2) is 0 Å². The summed E-state index contributed by atoms with van der Waals surface area (Å²) < 4.78 is 0. The molecule has 3 atom stereocenters. The van der Waals surface area contributed by atoms with Crippen LogP contribution in [0.5, 0.6) is 0 Å². The molecule has 0 saturated heterocycles. The van der Waals surface area contributed by atoms with Crippen LogP contribution in [0.2, 0.25) is 5.02 Å². The minimum atomic E-state index is -1.42. The molecule has 0 fully saturated rings. The molecule has 0 spiro atoms. The Morgan fingerprint density at radius 3 is 2.23 bits per heavy atom. The molecule has 1 aliphatic rings. The first kappa shape index (κ1) is 16.7. The summed E-state index contributed by atoms with van der Waals surface area (Å²) in [5.41, 5.74) is -0.561. The summed E-state index contributed by atoms with van der Waals surface area (Å²) >= 11 is 5.89. The van der Waals surface area contributed by atoms with Gasteiger partial charge in [-0.15, -0.1) is 0 Å². The number of carbonyl (C=O) groups excluding carboxylic acids is 2. The van der Waals surface area contributed by atoms with Crippen molar-refractivity contribution in [1.29, 1.82) is 0 Å². The van der Waals surface area contributed by atoms with Gasteiger partial charge in [0.15, 0.2) is 5.78 Å². The molecule has 1 aromatic rings. The number of allylic oxidation sites excluding steroid dienone is 1. The Morgan fingerprint density at radius 2 is 1.77 bits per heavy atom. The Hall–Kier alpha value is -1.65. The molecule has 118 valence electrons. The van der Waals surface area contributed by atoms with Gasteiger partial charge in [-0.3, -0.25) is 9.59 Å². The molecular weight excluding hydrogens is 304 g/mol. The van der Waals surface area contributed by atoms with Crippen LogP contribution >= 0.6 is 11.6 Å². The number of benzene rings is 1. The van der Waals surface area contributed by atoms with Crippen LogP contribution in [0.3, 0.4) is 0 Å². The summed E-state index contributed by atoms with van der Waals surface area (Å²) in [6.07, 6.45) is -0.115. The average Bonchev–Trinajstić information content (AvgIpc) is 2.36. The Bertz CT molecular complexity index is 643. The van der Waals surface area contributed by atoms with E-state index in [0.29, 0.717) is 10.6 Å². The van der Waals surface area contributed by atoms with Gasteiger partial charge in [0.1, 0.15) is 11.5 Å². The van der Waals surface area contributed by atoms with E-state index in [0.717, 1.165) is 0 Å². The lowest BCUT2D eigenvalue weighted by atomic mass is 9.64. The third kappa shape index (κ3) is 2.94. The molecule has 0 saturated carbocycles. The van der Waals surface area contributed by atoms with Crippen molar-refractivity contribution in [3.8, 4) is 0 Å². The molecule has 22 heavy (non-hydrogen) atoms. The lowest BCUT2D eigenvalue weighted by Crippen LogP contribution is -2.47. The Labute approximate surface area is 134 Å². The van der Waals surface area contributed by atoms with Crippen molar-refractivity contribution in [2.45, 2.75) is 38.7 Å². The minimum absolute atomic E-state index is 0.115. The van der Waals surface area contributed by atoms with E-state index in [1.54, 1.807) is 24.3 Å². The Kier molecular flexibility index (Phi) is 4.45. The Morgan fingerprint density at radius 1 is 1.23 bits per heavy atom. The molecule has 4 nitrogen and oxygen atoms in total. The largest absolute Gasteiger partial charge is 0.512 e. The predicted octanol–water partition coefficient (Wildman–Crippen LogP) is 3.18. The molecule has 0 aliphatic heterocycles. The molecular formula is C17H19ClO4. The van der Waals surface area contributed by atoms with E-state index < -0.39 is 17.4 Å². The van der Waals surface area contributed by atoms with Gasteiger partial charge in [0.2, 0.25) is 0 Å². The lowest BCUT2D eigenvalue weighted by molar-refractivity contribution is -0.132. The molecule has 1 aromatic carbocycles. The monoisotopic (exact) mass is 322 g/mol. The molecule has 2 N–H and O–H groups in total. The maximum atomic E-state index is 12.1. The van der Waals surface area contributed by atoms with Gasteiger partial charge in [0.25, 0.3) is 0 Å². The fourth-order valence-electron chi connectivity index (χ4n) is 3.37. The molecule has 1 aliphatic carbocycles. The van der Waals surface area contributed by atoms with Gasteiger partial charge in [0, 0.05) is 22.9 Å². The van der Waals surface area contributed by atoms with Crippen LogP contribution in [0.15, 0.2) is 35.6 Å². The van der Waals surface area contributed by atoms with E-state index in [4.69, 9.17) is 11.6 Å². The third-order valence-electron chi connectivity index (χ3n) is 4.20. The number of halogens is 1. The van der Waals surface area contributed by atoms with E-state index in [9.17, 15) is 19.8 Å². The maximum Gasteiger partial charge on any atom is 0.159 e. The van der Waals surface area contributed by atoms with Crippen LogP contribution in [0.25, 0.3) is 0 Å². The molecule has 2 rings (SSSR count). The van der Waals surface area contributed by atoms with Crippen LogP contribution in [0.1, 0.15) is 38.7 Å². The van der Waals surface area contributed by atoms with E-state index in [1.165, 1.54) is 20.8 Å². The molecule has 0 amide bonds. The Balaban J connectivity index is 2.69. The zero-order valence-corrected chi connectivity index (χ0v) is 13.5. The summed E-state index contributed by atoms with van der Waals surface area (Å²) in [6.45, 7) is 4.25. The quantitative estimate of drug-likeness (QED) is 0.896. The second kappa shape index (κ2) is 5.86. The summed E-state index contributed by atoms with van der Waals surface area (Å²) in [6, 6.07) is 6.74. The zero-order chi connectivity index (χ0) is 16.7. The number of aliphatic hydroxyl groups is 2. The van der Waals surface area contributed by atoms with Crippen LogP contribution in [0, 0.1) is 5.92 Å². The minimum Gasteiger partial charge on any atom is -0.512 e. The molecule has 5 heteroatoms. The number of hydrogen-bond donors (Lipinski definition) is 2.